The minimum atomic E-state index is -0.598. The van der Waals surface area contributed by atoms with Crippen molar-refractivity contribution >= 4 is 10.8 Å². The monoisotopic (exact) mass is 327 g/mol. The Labute approximate surface area is 138 Å². The average molecular weight is 327 g/mol. The number of aromatic nitrogens is 3. The fourth-order valence-corrected chi connectivity index (χ4v) is 2.56. The van der Waals surface area contributed by atoms with Crippen LogP contribution in [-0.2, 0) is 12.0 Å². The van der Waals surface area contributed by atoms with Crippen LogP contribution in [0.5, 0.6) is 0 Å². The largest absolute Gasteiger partial charge is 0.392 e. The molecule has 0 bridgehead atoms. The maximum Gasteiger partial charge on any atom is 0.283 e. The molecule has 0 fully saturated rings. The van der Waals surface area contributed by atoms with E-state index in [4.69, 9.17) is 0 Å². The van der Waals surface area contributed by atoms with Crippen LogP contribution in [0.3, 0.4) is 0 Å². The second kappa shape index (κ2) is 5.79. The van der Waals surface area contributed by atoms with Crippen LogP contribution >= 0.6 is 0 Å². The number of benzene rings is 1. The van der Waals surface area contributed by atoms with Gasteiger partial charge < -0.3 is 5.11 Å². The number of aliphatic hydroxyl groups is 1. The molecule has 1 aromatic carbocycles. The third-order valence-electron chi connectivity index (χ3n) is 3.94. The van der Waals surface area contributed by atoms with Crippen LogP contribution in [0.1, 0.15) is 31.9 Å². The Balaban J connectivity index is 2.30. The van der Waals surface area contributed by atoms with Gasteiger partial charge in [0.15, 0.2) is 5.82 Å². The maximum atomic E-state index is 14.6. The van der Waals surface area contributed by atoms with E-state index in [0.717, 1.165) is 10.2 Å². The summed E-state index contributed by atoms with van der Waals surface area (Å²) < 4.78 is 15.6. The van der Waals surface area contributed by atoms with Crippen molar-refractivity contribution in [1.29, 1.82) is 0 Å². The molecular weight excluding hydrogens is 309 g/mol. The molecule has 6 heteroatoms. The molecule has 0 spiro atoms. The van der Waals surface area contributed by atoms with Crippen LogP contribution < -0.4 is 5.56 Å². The lowest BCUT2D eigenvalue weighted by Crippen LogP contribution is -2.24. The molecule has 1 N–H and O–H groups in total. The Bertz CT molecular complexity index is 974. The predicted molar refractivity (Wildman–Crippen MR) is 89.7 cm³/mol. The van der Waals surface area contributed by atoms with E-state index in [-0.39, 0.29) is 23.2 Å². The fraction of sp³-hybridized carbons (Fsp3) is 0.278. The molecular formula is C18H18FN3O2. The van der Waals surface area contributed by atoms with E-state index in [1.165, 1.54) is 18.5 Å². The average Bonchev–Trinajstić information content (AvgIpc) is 2.54. The van der Waals surface area contributed by atoms with E-state index in [9.17, 15) is 14.3 Å². The Kier molecular flexibility index (Phi) is 3.93. The summed E-state index contributed by atoms with van der Waals surface area (Å²) in [7, 11) is 0. The molecule has 5 nitrogen and oxygen atoms in total. The van der Waals surface area contributed by atoms with Gasteiger partial charge in [0.05, 0.1) is 18.2 Å². The molecule has 24 heavy (non-hydrogen) atoms. The van der Waals surface area contributed by atoms with Gasteiger partial charge in [-0.15, -0.1) is 0 Å². The Hall–Kier alpha value is -2.60. The van der Waals surface area contributed by atoms with Crippen molar-refractivity contribution in [1.82, 2.24) is 14.8 Å². The first-order valence-corrected chi connectivity index (χ1v) is 7.60. The molecule has 2 aromatic heterocycles. The van der Waals surface area contributed by atoms with Crippen molar-refractivity contribution in [3.63, 3.8) is 0 Å². The van der Waals surface area contributed by atoms with Crippen LogP contribution in [0.2, 0.25) is 0 Å². The van der Waals surface area contributed by atoms with Gasteiger partial charge in [-0.1, -0.05) is 26.8 Å². The highest BCUT2D eigenvalue weighted by Gasteiger charge is 2.19. The van der Waals surface area contributed by atoms with Crippen molar-refractivity contribution in [3.8, 4) is 5.82 Å². The molecule has 0 radical (unpaired) electrons. The first kappa shape index (κ1) is 16.3. The number of pyridine rings is 1. The van der Waals surface area contributed by atoms with E-state index in [2.05, 4.69) is 10.1 Å². The highest BCUT2D eigenvalue weighted by Crippen LogP contribution is 2.26. The molecule has 124 valence electrons. The Morgan fingerprint density at radius 1 is 1.29 bits per heavy atom. The number of hydrogen-bond acceptors (Lipinski definition) is 4. The molecule has 3 rings (SSSR count). The quantitative estimate of drug-likeness (QED) is 0.786. The first-order valence-electron chi connectivity index (χ1n) is 7.60. The summed E-state index contributed by atoms with van der Waals surface area (Å²) in [6.45, 7) is 5.64. The Morgan fingerprint density at radius 2 is 2.04 bits per heavy atom. The summed E-state index contributed by atoms with van der Waals surface area (Å²) in [4.78, 5) is 16.8. The van der Waals surface area contributed by atoms with Crippen LogP contribution in [0.15, 0.2) is 41.5 Å². The minimum absolute atomic E-state index is 0.0347. The van der Waals surface area contributed by atoms with E-state index < -0.39 is 11.4 Å². The lowest BCUT2D eigenvalue weighted by Gasteiger charge is -2.19. The van der Waals surface area contributed by atoms with Crippen molar-refractivity contribution in [2.75, 3.05) is 0 Å². The van der Waals surface area contributed by atoms with E-state index in [1.54, 1.807) is 18.2 Å². The topological polar surface area (TPSA) is 68.0 Å². The van der Waals surface area contributed by atoms with Gasteiger partial charge in [0.25, 0.3) is 5.56 Å². The summed E-state index contributed by atoms with van der Waals surface area (Å²) in [6.07, 6.45) is 2.94. The molecule has 0 atom stereocenters. The lowest BCUT2D eigenvalue weighted by atomic mass is 9.86. The van der Waals surface area contributed by atoms with Crippen LogP contribution in [0.4, 0.5) is 4.39 Å². The molecule has 0 unspecified atom stereocenters. The summed E-state index contributed by atoms with van der Waals surface area (Å²) in [5, 5.41) is 13.9. The van der Waals surface area contributed by atoms with Gasteiger partial charge in [0.1, 0.15) is 5.82 Å². The fourth-order valence-electron chi connectivity index (χ4n) is 2.56. The maximum absolute atomic E-state index is 14.6. The molecule has 0 saturated carbocycles. The van der Waals surface area contributed by atoms with Crippen molar-refractivity contribution in [2.45, 2.75) is 32.8 Å². The van der Waals surface area contributed by atoms with Gasteiger partial charge >= 0.3 is 0 Å². The van der Waals surface area contributed by atoms with Crippen molar-refractivity contribution < 1.29 is 9.50 Å². The SMILES string of the molecule is CC(C)(C)c1cc(F)c2c(=O)n(-c3ncccc3CO)ncc2c1. The molecule has 3 aromatic rings. The summed E-state index contributed by atoms with van der Waals surface area (Å²) in [5.74, 6) is -0.383. The highest BCUT2D eigenvalue weighted by molar-refractivity contribution is 5.82. The van der Waals surface area contributed by atoms with Gasteiger partial charge in [-0.3, -0.25) is 4.79 Å². The van der Waals surface area contributed by atoms with E-state index in [1.807, 2.05) is 20.8 Å². The second-order valence-electron chi connectivity index (χ2n) is 6.68. The number of nitrogens with zero attached hydrogens (tertiary/aromatic N) is 3. The van der Waals surface area contributed by atoms with Gasteiger partial charge in [0, 0.05) is 17.1 Å². The van der Waals surface area contributed by atoms with Crippen molar-refractivity contribution in [2.24, 2.45) is 0 Å². The van der Waals surface area contributed by atoms with E-state index >= 15 is 0 Å². The van der Waals surface area contributed by atoms with Crippen LogP contribution in [-0.4, -0.2) is 19.9 Å². The van der Waals surface area contributed by atoms with Crippen LogP contribution in [0.25, 0.3) is 16.6 Å². The van der Waals surface area contributed by atoms with Gasteiger partial charge in [-0.05, 0) is 29.2 Å². The molecule has 0 aliphatic carbocycles. The standard InChI is InChI=1S/C18H18FN3O2/c1-18(2,3)13-7-12-9-21-22(17(24)15(12)14(19)8-13)16-11(10-23)5-4-6-20-16/h4-9,23H,10H2,1-3H3. The summed E-state index contributed by atoms with van der Waals surface area (Å²) >= 11 is 0. The number of aliphatic hydroxyl groups excluding tert-OH is 1. The van der Waals surface area contributed by atoms with Gasteiger partial charge in [0.2, 0.25) is 0 Å². The molecule has 0 saturated heterocycles. The highest BCUT2D eigenvalue weighted by atomic mass is 19.1. The number of hydrogen-bond donors (Lipinski definition) is 1. The molecule has 0 aliphatic heterocycles. The van der Waals surface area contributed by atoms with Gasteiger partial charge in [-0.2, -0.15) is 9.78 Å². The third kappa shape index (κ3) is 2.69. The third-order valence-corrected chi connectivity index (χ3v) is 3.94. The predicted octanol–water partition coefficient (Wildman–Crippen LogP) is 2.71. The van der Waals surface area contributed by atoms with Gasteiger partial charge in [-0.25, -0.2) is 9.37 Å². The zero-order valence-electron chi connectivity index (χ0n) is 13.7. The normalized spacial score (nSPS) is 11.9. The molecule has 0 amide bonds. The number of rotatable bonds is 2. The number of fused-ring (bicyclic) bond motifs is 1. The molecule has 0 aliphatic rings. The smallest absolute Gasteiger partial charge is 0.283 e. The molecule has 2 heterocycles. The lowest BCUT2D eigenvalue weighted by molar-refractivity contribution is 0.280. The Morgan fingerprint density at radius 3 is 2.71 bits per heavy atom. The number of halogens is 1. The second-order valence-corrected chi connectivity index (χ2v) is 6.68. The van der Waals surface area contributed by atoms with Crippen molar-refractivity contribution in [3.05, 3.63) is 64.0 Å². The zero-order chi connectivity index (χ0) is 17.5. The van der Waals surface area contributed by atoms with Crippen LogP contribution in [0, 0.1) is 5.82 Å². The summed E-state index contributed by atoms with van der Waals surface area (Å²) in [5.41, 5.74) is 0.395. The minimum Gasteiger partial charge on any atom is -0.392 e. The van der Waals surface area contributed by atoms with E-state index in [0.29, 0.717) is 10.9 Å². The summed E-state index contributed by atoms with van der Waals surface area (Å²) in [6, 6.07) is 6.46. The first-order chi connectivity index (χ1) is 11.3. The zero-order valence-corrected chi connectivity index (χ0v) is 13.7.